The molecule has 0 aromatic rings. The molecule has 0 saturated carbocycles. The summed E-state index contributed by atoms with van der Waals surface area (Å²) >= 11 is 0. The Labute approximate surface area is 118 Å². The van der Waals surface area contributed by atoms with E-state index < -0.39 is 0 Å². The number of oxime groups is 1. The summed E-state index contributed by atoms with van der Waals surface area (Å²) in [4.78, 5) is 2.51. The van der Waals surface area contributed by atoms with Crippen molar-refractivity contribution in [3.05, 3.63) is 0 Å². The lowest BCUT2D eigenvalue weighted by Gasteiger charge is -2.39. The SMILES string of the molecule is CC(C)(CCN1CCC(C(C)(C)C)CC1)C(N)=NO. The van der Waals surface area contributed by atoms with Gasteiger partial charge in [0.05, 0.1) is 0 Å². The van der Waals surface area contributed by atoms with E-state index >= 15 is 0 Å². The highest BCUT2D eigenvalue weighted by atomic mass is 16.4. The van der Waals surface area contributed by atoms with Gasteiger partial charge in [0.25, 0.3) is 0 Å². The Balaban J connectivity index is 2.38. The third kappa shape index (κ3) is 4.68. The lowest BCUT2D eigenvalue weighted by atomic mass is 9.75. The fraction of sp³-hybridized carbons (Fsp3) is 0.933. The molecule has 0 bridgehead atoms. The number of nitrogens with two attached hydrogens (primary N) is 1. The summed E-state index contributed by atoms with van der Waals surface area (Å²) in [5.41, 5.74) is 5.93. The predicted octanol–water partition coefficient (Wildman–Crippen LogP) is 2.91. The zero-order valence-corrected chi connectivity index (χ0v) is 13.2. The van der Waals surface area contributed by atoms with Crippen LogP contribution in [0.2, 0.25) is 0 Å². The van der Waals surface area contributed by atoms with Gasteiger partial charge in [0, 0.05) is 5.41 Å². The Bertz CT molecular complexity index is 310. The molecule has 0 aromatic heterocycles. The van der Waals surface area contributed by atoms with Crippen LogP contribution in [-0.2, 0) is 0 Å². The highest BCUT2D eigenvalue weighted by molar-refractivity contribution is 5.85. The molecule has 0 unspecified atom stereocenters. The lowest BCUT2D eigenvalue weighted by molar-refractivity contribution is 0.107. The van der Waals surface area contributed by atoms with E-state index in [0.717, 1.165) is 18.9 Å². The molecule has 1 rings (SSSR count). The topological polar surface area (TPSA) is 61.8 Å². The third-order valence-corrected chi connectivity index (χ3v) is 4.67. The second kappa shape index (κ2) is 6.12. The van der Waals surface area contributed by atoms with Crippen LogP contribution in [0.3, 0.4) is 0 Å². The zero-order valence-electron chi connectivity index (χ0n) is 13.2. The molecule has 0 atom stereocenters. The first-order chi connectivity index (χ1) is 8.66. The van der Waals surface area contributed by atoms with Crippen LogP contribution >= 0.6 is 0 Å². The maximum Gasteiger partial charge on any atom is 0.144 e. The van der Waals surface area contributed by atoms with E-state index in [0.29, 0.717) is 11.3 Å². The van der Waals surface area contributed by atoms with Gasteiger partial charge in [0.1, 0.15) is 5.84 Å². The molecule has 1 aliphatic heterocycles. The lowest BCUT2D eigenvalue weighted by Crippen LogP contribution is -2.41. The van der Waals surface area contributed by atoms with Gasteiger partial charge in [-0.1, -0.05) is 39.8 Å². The first-order valence-electron chi connectivity index (χ1n) is 7.37. The van der Waals surface area contributed by atoms with Crippen LogP contribution in [0.25, 0.3) is 0 Å². The molecule has 4 nitrogen and oxygen atoms in total. The van der Waals surface area contributed by atoms with Crippen LogP contribution in [0.4, 0.5) is 0 Å². The fourth-order valence-corrected chi connectivity index (χ4v) is 2.72. The summed E-state index contributed by atoms with van der Waals surface area (Å²) in [5, 5.41) is 11.9. The summed E-state index contributed by atoms with van der Waals surface area (Å²) < 4.78 is 0. The van der Waals surface area contributed by atoms with E-state index in [1.165, 1.54) is 25.9 Å². The van der Waals surface area contributed by atoms with Crippen molar-refractivity contribution < 1.29 is 5.21 Å². The van der Waals surface area contributed by atoms with Crippen molar-refractivity contribution >= 4 is 5.84 Å². The van der Waals surface area contributed by atoms with Crippen molar-refractivity contribution in [2.45, 2.75) is 53.9 Å². The molecule has 112 valence electrons. The van der Waals surface area contributed by atoms with Crippen LogP contribution in [0, 0.1) is 16.7 Å². The van der Waals surface area contributed by atoms with Gasteiger partial charge in [0.15, 0.2) is 0 Å². The minimum Gasteiger partial charge on any atom is -0.409 e. The number of piperidine rings is 1. The molecular formula is C15H31N3O. The fourth-order valence-electron chi connectivity index (χ4n) is 2.72. The van der Waals surface area contributed by atoms with Crippen molar-refractivity contribution in [1.82, 2.24) is 4.90 Å². The third-order valence-electron chi connectivity index (χ3n) is 4.67. The largest absolute Gasteiger partial charge is 0.409 e. The first-order valence-corrected chi connectivity index (χ1v) is 7.37. The quantitative estimate of drug-likeness (QED) is 0.357. The van der Waals surface area contributed by atoms with Gasteiger partial charge < -0.3 is 15.8 Å². The number of rotatable bonds is 4. The van der Waals surface area contributed by atoms with Gasteiger partial charge in [-0.05, 0) is 50.2 Å². The van der Waals surface area contributed by atoms with Gasteiger partial charge in [0.2, 0.25) is 0 Å². The Kier molecular flexibility index (Phi) is 5.25. The van der Waals surface area contributed by atoms with Crippen LogP contribution in [-0.4, -0.2) is 35.6 Å². The van der Waals surface area contributed by atoms with Crippen LogP contribution in [0.5, 0.6) is 0 Å². The number of hydrogen-bond acceptors (Lipinski definition) is 3. The maximum atomic E-state index is 8.78. The van der Waals surface area contributed by atoms with Crippen molar-refractivity contribution in [3.63, 3.8) is 0 Å². The van der Waals surface area contributed by atoms with Crippen molar-refractivity contribution in [1.29, 1.82) is 0 Å². The van der Waals surface area contributed by atoms with Crippen LogP contribution in [0.15, 0.2) is 5.16 Å². The van der Waals surface area contributed by atoms with E-state index in [4.69, 9.17) is 10.9 Å². The molecule has 1 saturated heterocycles. The van der Waals surface area contributed by atoms with Gasteiger partial charge in [-0.3, -0.25) is 0 Å². The minimum atomic E-state index is -0.227. The Hall–Kier alpha value is -0.770. The van der Waals surface area contributed by atoms with Crippen LogP contribution in [0.1, 0.15) is 53.9 Å². The Morgan fingerprint density at radius 1 is 1.21 bits per heavy atom. The predicted molar refractivity (Wildman–Crippen MR) is 80.4 cm³/mol. The van der Waals surface area contributed by atoms with E-state index in [2.05, 4.69) is 30.8 Å². The average Bonchev–Trinajstić information content (AvgIpc) is 2.35. The van der Waals surface area contributed by atoms with Crippen LogP contribution < -0.4 is 5.73 Å². The highest BCUT2D eigenvalue weighted by Gasteiger charge is 2.30. The minimum absolute atomic E-state index is 0.227. The summed E-state index contributed by atoms with van der Waals surface area (Å²) in [6.07, 6.45) is 3.50. The molecule has 0 radical (unpaired) electrons. The van der Waals surface area contributed by atoms with Crippen molar-refractivity contribution in [2.75, 3.05) is 19.6 Å². The molecule has 0 aliphatic carbocycles. The van der Waals surface area contributed by atoms with Gasteiger partial charge in [-0.15, -0.1) is 0 Å². The molecular weight excluding hydrogens is 238 g/mol. The highest BCUT2D eigenvalue weighted by Crippen LogP contribution is 2.34. The summed E-state index contributed by atoms with van der Waals surface area (Å²) in [6, 6.07) is 0. The summed E-state index contributed by atoms with van der Waals surface area (Å²) in [7, 11) is 0. The second-order valence-electron chi connectivity index (χ2n) is 7.60. The Morgan fingerprint density at radius 3 is 2.16 bits per heavy atom. The maximum absolute atomic E-state index is 8.78. The normalized spacial score (nSPS) is 20.8. The standard InChI is InChI=1S/C15H31N3O/c1-14(2,3)12-6-9-18(10-7-12)11-8-15(4,5)13(16)17-19/h12,19H,6-11H2,1-5H3,(H2,16,17). The number of hydrogen-bond donors (Lipinski definition) is 2. The number of amidine groups is 1. The molecule has 19 heavy (non-hydrogen) atoms. The number of likely N-dealkylation sites (tertiary alicyclic amines) is 1. The van der Waals surface area contributed by atoms with Gasteiger partial charge >= 0.3 is 0 Å². The molecule has 3 N–H and O–H groups in total. The van der Waals surface area contributed by atoms with Crippen molar-refractivity contribution in [2.24, 2.45) is 27.6 Å². The molecule has 0 aromatic carbocycles. The molecule has 0 spiro atoms. The average molecular weight is 269 g/mol. The molecule has 1 aliphatic rings. The van der Waals surface area contributed by atoms with Gasteiger partial charge in [-0.25, -0.2) is 0 Å². The summed E-state index contributed by atoms with van der Waals surface area (Å²) in [6.45, 7) is 14.5. The Morgan fingerprint density at radius 2 is 1.74 bits per heavy atom. The molecule has 1 heterocycles. The monoisotopic (exact) mass is 269 g/mol. The van der Waals surface area contributed by atoms with E-state index in [1.807, 2.05) is 13.8 Å². The first kappa shape index (κ1) is 16.3. The molecule has 0 amide bonds. The molecule has 1 fully saturated rings. The van der Waals surface area contributed by atoms with E-state index in [1.54, 1.807) is 0 Å². The zero-order chi connectivity index (χ0) is 14.7. The van der Waals surface area contributed by atoms with Crippen molar-refractivity contribution in [3.8, 4) is 0 Å². The second-order valence-corrected chi connectivity index (χ2v) is 7.60. The molecule has 4 heteroatoms. The van der Waals surface area contributed by atoms with E-state index in [9.17, 15) is 0 Å². The smallest absolute Gasteiger partial charge is 0.144 e. The van der Waals surface area contributed by atoms with E-state index in [-0.39, 0.29) is 5.41 Å². The van der Waals surface area contributed by atoms with Gasteiger partial charge in [-0.2, -0.15) is 0 Å². The number of nitrogens with zero attached hydrogens (tertiary/aromatic N) is 2. The summed E-state index contributed by atoms with van der Waals surface area (Å²) in [5.74, 6) is 1.16.